The molecule has 0 fully saturated rings. The number of nitrogens with two attached hydrogens (primary N) is 1. The van der Waals surface area contributed by atoms with Gasteiger partial charge in [-0.3, -0.25) is 4.79 Å². The molecule has 0 spiro atoms. The number of anilines is 1. The summed E-state index contributed by atoms with van der Waals surface area (Å²) in [6, 6.07) is 5.69. The summed E-state index contributed by atoms with van der Waals surface area (Å²) in [7, 11) is -3.51. The Hall–Kier alpha value is -1.44. The first-order valence-corrected chi connectivity index (χ1v) is 8.40. The largest absolute Gasteiger partial charge is 0.327 e. The van der Waals surface area contributed by atoms with E-state index in [4.69, 9.17) is 5.73 Å². The van der Waals surface area contributed by atoms with Gasteiger partial charge in [0, 0.05) is 24.2 Å². The van der Waals surface area contributed by atoms with Gasteiger partial charge < -0.3 is 11.1 Å². The monoisotopic (exact) mass is 313 g/mol. The fourth-order valence-corrected chi connectivity index (χ4v) is 2.94. The summed E-state index contributed by atoms with van der Waals surface area (Å²) in [4.78, 5) is 11.9. The Bertz CT molecular complexity index is 568. The van der Waals surface area contributed by atoms with Crippen LogP contribution in [0.2, 0.25) is 0 Å². The fraction of sp³-hybridized carbons (Fsp3) is 0.500. The summed E-state index contributed by atoms with van der Waals surface area (Å²) < 4.78 is 26.4. The summed E-state index contributed by atoms with van der Waals surface area (Å²) in [5, 5.41) is 2.69. The highest BCUT2D eigenvalue weighted by Gasteiger charge is 2.15. The number of amides is 1. The van der Waals surface area contributed by atoms with Crippen molar-refractivity contribution in [1.29, 1.82) is 0 Å². The molecule has 7 heteroatoms. The minimum atomic E-state index is -3.51. The van der Waals surface area contributed by atoms with Gasteiger partial charge in [-0.05, 0) is 44.5 Å². The molecule has 1 rings (SSSR count). The Balaban J connectivity index is 2.73. The van der Waals surface area contributed by atoms with Gasteiger partial charge in [-0.2, -0.15) is 0 Å². The van der Waals surface area contributed by atoms with Crippen molar-refractivity contribution in [2.75, 3.05) is 5.32 Å². The molecule has 118 valence electrons. The Morgan fingerprint density at radius 1 is 1.24 bits per heavy atom. The molecule has 1 aromatic rings. The predicted octanol–water partition coefficient (Wildman–Crippen LogP) is 1.44. The normalized spacial score (nSPS) is 13.2. The van der Waals surface area contributed by atoms with Gasteiger partial charge in [-0.1, -0.05) is 6.92 Å². The number of sulfonamides is 1. The van der Waals surface area contributed by atoms with Gasteiger partial charge in [0.15, 0.2) is 0 Å². The highest BCUT2D eigenvalue weighted by atomic mass is 32.2. The lowest BCUT2D eigenvalue weighted by Crippen LogP contribution is -2.30. The van der Waals surface area contributed by atoms with E-state index in [0.29, 0.717) is 5.69 Å². The van der Waals surface area contributed by atoms with E-state index in [1.165, 1.54) is 12.1 Å². The fourth-order valence-electron chi connectivity index (χ4n) is 1.69. The van der Waals surface area contributed by atoms with E-state index < -0.39 is 10.0 Å². The predicted molar refractivity (Wildman–Crippen MR) is 83.4 cm³/mol. The van der Waals surface area contributed by atoms with E-state index in [2.05, 4.69) is 10.0 Å². The molecule has 0 saturated heterocycles. The maximum absolute atomic E-state index is 11.9. The average molecular weight is 313 g/mol. The molecule has 1 atom stereocenters. The molecule has 0 aromatic heterocycles. The van der Waals surface area contributed by atoms with Gasteiger partial charge in [0.2, 0.25) is 15.9 Å². The van der Waals surface area contributed by atoms with Crippen molar-refractivity contribution in [2.24, 2.45) is 5.73 Å². The lowest BCUT2D eigenvalue weighted by molar-refractivity contribution is -0.116. The summed E-state index contributed by atoms with van der Waals surface area (Å²) in [5.74, 6) is -0.180. The molecule has 1 aromatic carbocycles. The van der Waals surface area contributed by atoms with Gasteiger partial charge in [-0.15, -0.1) is 0 Å². The van der Waals surface area contributed by atoms with Crippen LogP contribution in [0.3, 0.4) is 0 Å². The Morgan fingerprint density at radius 3 is 2.29 bits per heavy atom. The molecule has 0 saturated carbocycles. The zero-order valence-corrected chi connectivity index (χ0v) is 13.4. The number of carbonyl (C=O) groups is 1. The zero-order valence-electron chi connectivity index (χ0n) is 12.6. The molecule has 6 nitrogen and oxygen atoms in total. The minimum absolute atomic E-state index is 0.166. The van der Waals surface area contributed by atoms with Crippen LogP contribution in [-0.4, -0.2) is 26.4 Å². The van der Waals surface area contributed by atoms with Gasteiger partial charge in [0.1, 0.15) is 0 Å². The number of benzene rings is 1. The van der Waals surface area contributed by atoms with Crippen LogP contribution in [0.4, 0.5) is 5.69 Å². The van der Waals surface area contributed by atoms with Gasteiger partial charge in [0.05, 0.1) is 4.90 Å². The van der Waals surface area contributed by atoms with Crippen molar-refractivity contribution in [2.45, 2.75) is 50.6 Å². The van der Waals surface area contributed by atoms with Crippen molar-refractivity contribution in [3.05, 3.63) is 24.3 Å². The standard InChI is InChI=1S/C14H23N3O3S/c1-4-11(15)9-14(18)16-12-5-7-13(8-6-12)21(19,20)17-10(2)3/h5-8,10-11,17H,4,9,15H2,1-3H3,(H,16,18). The Labute approximate surface area is 126 Å². The SMILES string of the molecule is CCC(N)CC(=O)Nc1ccc(S(=O)(=O)NC(C)C)cc1. The molecular weight excluding hydrogens is 290 g/mol. The average Bonchev–Trinajstić information content (AvgIpc) is 2.37. The van der Waals surface area contributed by atoms with Crippen molar-refractivity contribution in [3.63, 3.8) is 0 Å². The zero-order chi connectivity index (χ0) is 16.0. The van der Waals surface area contributed by atoms with E-state index in [9.17, 15) is 13.2 Å². The first-order valence-electron chi connectivity index (χ1n) is 6.92. The molecule has 1 unspecified atom stereocenters. The number of rotatable bonds is 7. The third-order valence-electron chi connectivity index (χ3n) is 2.81. The van der Waals surface area contributed by atoms with Crippen LogP contribution in [0.1, 0.15) is 33.6 Å². The molecule has 0 radical (unpaired) electrons. The minimum Gasteiger partial charge on any atom is -0.327 e. The molecule has 0 aliphatic rings. The summed E-state index contributed by atoms with van der Waals surface area (Å²) >= 11 is 0. The van der Waals surface area contributed by atoms with Crippen LogP contribution in [0.25, 0.3) is 0 Å². The van der Waals surface area contributed by atoms with Crippen LogP contribution in [0.15, 0.2) is 29.2 Å². The van der Waals surface area contributed by atoms with Crippen LogP contribution in [0.5, 0.6) is 0 Å². The lowest BCUT2D eigenvalue weighted by Gasteiger charge is -2.11. The second kappa shape index (κ2) is 7.53. The molecule has 4 N–H and O–H groups in total. The second-order valence-corrected chi connectivity index (χ2v) is 6.93. The van der Waals surface area contributed by atoms with Gasteiger partial charge in [0.25, 0.3) is 0 Å². The van der Waals surface area contributed by atoms with Gasteiger partial charge in [-0.25, -0.2) is 13.1 Å². The maximum Gasteiger partial charge on any atom is 0.240 e. The van der Waals surface area contributed by atoms with Crippen molar-refractivity contribution in [1.82, 2.24) is 4.72 Å². The first kappa shape index (κ1) is 17.6. The summed E-state index contributed by atoms with van der Waals surface area (Å²) in [6.45, 7) is 5.42. The van der Waals surface area contributed by atoms with Crippen LogP contribution in [0, 0.1) is 0 Å². The highest BCUT2D eigenvalue weighted by molar-refractivity contribution is 7.89. The number of nitrogens with one attached hydrogen (secondary N) is 2. The van der Waals surface area contributed by atoms with Gasteiger partial charge >= 0.3 is 0 Å². The second-order valence-electron chi connectivity index (χ2n) is 5.22. The molecule has 0 heterocycles. The topological polar surface area (TPSA) is 101 Å². The Morgan fingerprint density at radius 2 is 1.81 bits per heavy atom. The Kier molecular flexibility index (Phi) is 6.32. The van der Waals surface area contributed by atoms with Crippen LogP contribution >= 0.6 is 0 Å². The first-order chi connectivity index (χ1) is 9.74. The maximum atomic E-state index is 11.9. The van der Waals surface area contributed by atoms with E-state index >= 15 is 0 Å². The molecule has 1 amide bonds. The molecule has 0 aliphatic heterocycles. The molecular formula is C14H23N3O3S. The number of hydrogen-bond acceptors (Lipinski definition) is 4. The third kappa shape index (κ3) is 5.82. The van der Waals surface area contributed by atoms with Crippen LogP contribution < -0.4 is 15.8 Å². The quantitative estimate of drug-likeness (QED) is 0.709. The highest BCUT2D eigenvalue weighted by Crippen LogP contribution is 2.14. The molecule has 21 heavy (non-hydrogen) atoms. The molecule has 0 bridgehead atoms. The molecule has 0 aliphatic carbocycles. The summed E-state index contributed by atoms with van der Waals surface area (Å²) in [6.07, 6.45) is 0.969. The van der Waals surface area contributed by atoms with E-state index in [0.717, 1.165) is 6.42 Å². The van der Waals surface area contributed by atoms with Crippen LogP contribution in [-0.2, 0) is 14.8 Å². The van der Waals surface area contributed by atoms with E-state index in [1.54, 1.807) is 26.0 Å². The smallest absolute Gasteiger partial charge is 0.240 e. The van der Waals surface area contributed by atoms with Crippen molar-refractivity contribution < 1.29 is 13.2 Å². The van der Waals surface area contributed by atoms with Crippen molar-refractivity contribution >= 4 is 21.6 Å². The van der Waals surface area contributed by atoms with Crippen molar-refractivity contribution in [3.8, 4) is 0 Å². The van der Waals surface area contributed by atoms with E-state index in [-0.39, 0.29) is 29.3 Å². The lowest BCUT2D eigenvalue weighted by atomic mass is 10.1. The van der Waals surface area contributed by atoms with E-state index in [1.807, 2.05) is 6.92 Å². The number of hydrogen-bond donors (Lipinski definition) is 3. The number of carbonyl (C=O) groups excluding carboxylic acids is 1. The summed E-state index contributed by atoms with van der Waals surface area (Å²) in [5.41, 5.74) is 6.25. The third-order valence-corrected chi connectivity index (χ3v) is 4.49.